The maximum Gasteiger partial charge on any atom is 0.271 e. The summed E-state index contributed by atoms with van der Waals surface area (Å²) in [6.07, 6.45) is -1.61. The SMILES string of the molecule is Cc1ccccc1CC(O)C(C)(F)F. The zero-order valence-corrected chi connectivity index (χ0v) is 8.30. The fourth-order valence-corrected chi connectivity index (χ4v) is 1.23. The highest BCUT2D eigenvalue weighted by Crippen LogP contribution is 2.21. The van der Waals surface area contributed by atoms with E-state index in [1.165, 1.54) is 0 Å². The quantitative estimate of drug-likeness (QED) is 0.795. The second kappa shape index (κ2) is 4.05. The molecule has 0 saturated heterocycles. The van der Waals surface area contributed by atoms with E-state index in [-0.39, 0.29) is 6.42 Å². The van der Waals surface area contributed by atoms with Crippen molar-refractivity contribution >= 4 is 0 Å². The number of aliphatic hydroxyl groups excluding tert-OH is 1. The van der Waals surface area contributed by atoms with Crippen LogP contribution in [-0.4, -0.2) is 17.1 Å². The van der Waals surface area contributed by atoms with Crippen molar-refractivity contribution in [2.24, 2.45) is 0 Å². The number of rotatable bonds is 3. The van der Waals surface area contributed by atoms with Gasteiger partial charge in [-0.2, -0.15) is 0 Å². The van der Waals surface area contributed by atoms with E-state index in [0.717, 1.165) is 18.1 Å². The van der Waals surface area contributed by atoms with Crippen LogP contribution < -0.4 is 0 Å². The van der Waals surface area contributed by atoms with Crippen molar-refractivity contribution in [1.29, 1.82) is 0 Å². The van der Waals surface area contributed by atoms with E-state index in [4.69, 9.17) is 0 Å². The Morgan fingerprint density at radius 2 is 1.93 bits per heavy atom. The van der Waals surface area contributed by atoms with Crippen LogP contribution in [0.5, 0.6) is 0 Å². The van der Waals surface area contributed by atoms with E-state index >= 15 is 0 Å². The molecule has 0 aliphatic carbocycles. The van der Waals surface area contributed by atoms with Crippen LogP contribution in [0.2, 0.25) is 0 Å². The first-order valence-corrected chi connectivity index (χ1v) is 4.51. The highest BCUT2D eigenvalue weighted by Gasteiger charge is 2.32. The van der Waals surface area contributed by atoms with E-state index in [1.54, 1.807) is 12.1 Å². The third kappa shape index (κ3) is 2.77. The summed E-state index contributed by atoms with van der Waals surface area (Å²) in [6.45, 7) is 2.58. The molecule has 1 nitrogen and oxygen atoms in total. The van der Waals surface area contributed by atoms with Crippen LogP contribution in [0, 0.1) is 6.92 Å². The predicted octanol–water partition coefficient (Wildman–Crippen LogP) is 2.55. The van der Waals surface area contributed by atoms with Gasteiger partial charge in [0.2, 0.25) is 0 Å². The molecule has 0 aliphatic rings. The molecule has 0 heterocycles. The van der Waals surface area contributed by atoms with Gasteiger partial charge in [0.1, 0.15) is 6.10 Å². The Morgan fingerprint density at radius 3 is 2.43 bits per heavy atom. The minimum atomic E-state index is -3.04. The van der Waals surface area contributed by atoms with Gasteiger partial charge in [0.15, 0.2) is 0 Å². The second-order valence-electron chi connectivity index (χ2n) is 3.60. The standard InChI is InChI=1S/C11H14F2O/c1-8-5-3-4-6-9(8)7-10(14)11(2,12)13/h3-6,10,14H,7H2,1-2H3. The van der Waals surface area contributed by atoms with E-state index in [0.29, 0.717) is 0 Å². The van der Waals surface area contributed by atoms with Crippen LogP contribution in [0.4, 0.5) is 8.78 Å². The monoisotopic (exact) mass is 200 g/mol. The number of benzene rings is 1. The fraction of sp³-hybridized carbons (Fsp3) is 0.455. The summed E-state index contributed by atoms with van der Waals surface area (Å²) in [4.78, 5) is 0. The maximum absolute atomic E-state index is 12.7. The van der Waals surface area contributed by atoms with Crippen molar-refractivity contribution in [3.63, 3.8) is 0 Å². The Kier molecular flexibility index (Phi) is 3.21. The van der Waals surface area contributed by atoms with Gasteiger partial charge in [0.25, 0.3) is 5.92 Å². The lowest BCUT2D eigenvalue weighted by Gasteiger charge is -2.18. The molecule has 0 aliphatic heterocycles. The average Bonchev–Trinajstić information content (AvgIpc) is 2.07. The number of aliphatic hydroxyl groups is 1. The Morgan fingerprint density at radius 1 is 1.36 bits per heavy atom. The topological polar surface area (TPSA) is 20.2 Å². The molecule has 0 saturated carbocycles. The molecule has 78 valence electrons. The number of aryl methyl sites for hydroxylation is 1. The zero-order chi connectivity index (χ0) is 10.8. The van der Waals surface area contributed by atoms with Gasteiger partial charge in [0.05, 0.1) is 0 Å². The normalized spacial score (nSPS) is 14.1. The molecule has 0 spiro atoms. The average molecular weight is 200 g/mol. The minimum Gasteiger partial charge on any atom is -0.387 e. The maximum atomic E-state index is 12.7. The third-order valence-electron chi connectivity index (χ3n) is 2.26. The third-order valence-corrected chi connectivity index (χ3v) is 2.26. The second-order valence-corrected chi connectivity index (χ2v) is 3.60. The predicted molar refractivity (Wildman–Crippen MR) is 51.5 cm³/mol. The Bertz CT molecular complexity index is 304. The summed E-state index contributed by atoms with van der Waals surface area (Å²) in [5, 5.41) is 9.21. The lowest BCUT2D eigenvalue weighted by atomic mass is 10.00. The number of alkyl halides is 2. The Labute approximate surface area is 82.4 Å². The van der Waals surface area contributed by atoms with Crippen LogP contribution in [0.15, 0.2) is 24.3 Å². The molecular formula is C11H14F2O. The molecular weight excluding hydrogens is 186 g/mol. The summed E-state index contributed by atoms with van der Waals surface area (Å²) in [6, 6.07) is 7.22. The van der Waals surface area contributed by atoms with Crippen molar-refractivity contribution in [1.82, 2.24) is 0 Å². The van der Waals surface area contributed by atoms with Crippen LogP contribution in [0.25, 0.3) is 0 Å². The van der Waals surface area contributed by atoms with Gasteiger partial charge < -0.3 is 5.11 Å². The molecule has 1 N–H and O–H groups in total. The molecule has 0 radical (unpaired) electrons. The lowest BCUT2D eigenvalue weighted by molar-refractivity contribution is -0.0921. The first-order valence-electron chi connectivity index (χ1n) is 4.51. The smallest absolute Gasteiger partial charge is 0.271 e. The van der Waals surface area contributed by atoms with Crippen molar-refractivity contribution < 1.29 is 13.9 Å². The van der Waals surface area contributed by atoms with Crippen LogP contribution >= 0.6 is 0 Å². The molecule has 1 aromatic carbocycles. The summed E-state index contributed by atoms with van der Waals surface area (Å²) in [5.41, 5.74) is 1.69. The summed E-state index contributed by atoms with van der Waals surface area (Å²) < 4.78 is 25.4. The van der Waals surface area contributed by atoms with Gasteiger partial charge in [-0.1, -0.05) is 24.3 Å². The largest absolute Gasteiger partial charge is 0.387 e. The molecule has 1 atom stereocenters. The molecule has 1 unspecified atom stereocenters. The Balaban J connectivity index is 2.75. The van der Waals surface area contributed by atoms with Gasteiger partial charge in [-0.3, -0.25) is 0 Å². The van der Waals surface area contributed by atoms with E-state index in [2.05, 4.69) is 0 Å². The molecule has 3 heteroatoms. The molecule has 14 heavy (non-hydrogen) atoms. The molecule has 1 rings (SSSR count). The number of halogens is 2. The van der Waals surface area contributed by atoms with Crippen molar-refractivity contribution in [2.45, 2.75) is 32.3 Å². The summed E-state index contributed by atoms with van der Waals surface area (Å²) in [5.74, 6) is -3.04. The van der Waals surface area contributed by atoms with E-state index in [1.807, 2.05) is 19.1 Å². The first kappa shape index (κ1) is 11.1. The summed E-state index contributed by atoms with van der Waals surface area (Å²) in [7, 11) is 0. The van der Waals surface area contributed by atoms with Gasteiger partial charge >= 0.3 is 0 Å². The van der Waals surface area contributed by atoms with Crippen molar-refractivity contribution in [3.05, 3.63) is 35.4 Å². The van der Waals surface area contributed by atoms with Gasteiger partial charge in [-0.15, -0.1) is 0 Å². The van der Waals surface area contributed by atoms with E-state index in [9.17, 15) is 13.9 Å². The lowest BCUT2D eigenvalue weighted by Crippen LogP contribution is -2.32. The number of hydrogen-bond acceptors (Lipinski definition) is 1. The van der Waals surface area contributed by atoms with Gasteiger partial charge in [0, 0.05) is 13.3 Å². The first-order chi connectivity index (χ1) is 6.41. The minimum absolute atomic E-state index is 0.00380. The Hall–Kier alpha value is -0.960. The van der Waals surface area contributed by atoms with Gasteiger partial charge in [-0.25, -0.2) is 8.78 Å². The van der Waals surface area contributed by atoms with Crippen molar-refractivity contribution in [2.75, 3.05) is 0 Å². The highest BCUT2D eigenvalue weighted by molar-refractivity contribution is 5.26. The van der Waals surface area contributed by atoms with Crippen molar-refractivity contribution in [3.8, 4) is 0 Å². The highest BCUT2D eigenvalue weighted by atomic mass is 19.3. The fourth-order valence-electron chi connectivity index (χ4n) is 1.23. The molecule has 0 aromatic heterocycles. The van der Waals surface area contributed by atoms with Crippen LogP contribution in [-0.2, 0) is 6.42 Å². The zero-order valence-electron chi connectivity index (χ0n) is 8.30. The van der Waals surface area contributed by atoms with Gasteiger partial charge in [-0.05, 0) is 18.1 Å². The molecule has 0 amide bonds. The molecule has 0 bridgehead atoms. The van der Waals surface area contributed by atoms with Crippen LogP contribution in [0.1, 0.15) is 18.1 Å². The van der Waals surface area contributed by atoms with E-state index < -0.39 is 12.0 Å². The molecule has 1 aromatic rings. The number of hydrogen-bond donors (Lipinski definition) is 1. The summed E-state index contributed by atoms with van der Waals surface area (Å²) >= 11 is 0. The molecule has 0 fully saturated rings. The van der Waals surface area contributed by atoms with Crippen LogP contribution in [0.3, 0.4) is 0 Å².